The molecule has 18 nitrogen and oxygen atoms in total. The fourth-order valence-corrected chi connectivity index (χ4v) is 1.51. The van der Waals surface area contributed by atoms with E-state index in [0.717, 1.165) is 11.1 Å². The molecular formula is C12H28N10O8Zn+4. The molecule has 20 N–H and O–H groups in total. The number of rotatable bonds is 2. The number of tetrazole rings is 2. The molecule has 19 heteroatoms. The van der Waals surface area contributed by atoms with E-state index in [4.69, 9.17) is 0 Å². The van der Waals surface area contributed by atoms with Gasteiger partial charge in [0.2, 0.25) is 0 Å². The molecule has 0 aliphatic carbocycles. The summed E-state index contributed by atoms with van der Waals surface area (Å²) in [5.74, 6) is 1.02. The van der Waals surface area contributed by atoms with Crippen molar-refractivity contribution in [3.8, 4) is 22.8 Å². The number of aromatic nitrogens is 10. The zero-order valence-corrected chi connectivity index (χ0v) is 19.1. The van der Waals surface area contributed by atoms with E-state index >= 15 is 0 Å². The Hall–Kier alpha value is -3.26. The predicted octanol–water partition coefficient (Wildman–Crippen LogP) is -7.21. The molecule has 0 atom stereocenters. The Kier molecular flexibility index (Phi) is 36.9. The van der Waals surface area contributed by atoms with Crippen LogP contribution in [0.1, 0.15) is 0 Å². The molecule has 0 unspecified atom stereocenters. The summed E-state index contributed by atoms with van der Waals surface area (Å²) in [4.78, 5) is 7.81. The summed E-state index contributed by atoms with van der Waals surface area (Å²) in [6.45, 7) is 0. The minimum absolute atomic E-state index is 0. The normalized spacial score (nSPS) is 6.97. The quantitative estimate of drug-likeness (QED) is 0.182. The van der Waals surface area contributed by atoms with Crippen LogP contribution in [0.3, 0.4) is 0 Å². The summed E-state index contributed by atoms with van der Waals surface area (Å²) >= 11 is 0. The second-order valence-corrected chi connectivity index (χ2v) is 3.89. The number of nitrogens with zero attached hydrogens (tertiary/aromatic N) is 10. The van der Waals surface area contributed by atoms with E-state index in [-0.39, 0.29) is 63.3 Å². The van der Waals surface area contributed by atoms with Crippen LogP contribution in [0.5, 0.6) is 0 Å². The van der Waals surface area contributed by atoms with Crippen LogP contribution in [0, 0.1) is 0 Å². The summed E-state index contributed by atoms with van der Waals surface area (Å²) in [6.07, 6.45) is 6.71. The fraction of sp³-hybridized carbons (Fsp3) is 0. The SMILES string of the molecule is O.O.O.O.[OH3+].[OH3+].[OH3+].[OH3+].[Zn+2].c1cncc(-c2nnn[n-]2)c1.c1cncc(-c2nnn[n-]2)c1. The van der Waals surface area contributed by atoms with Gasteiger partial charge in [-0.1, -0.05) is 12.1 Å². The topological polar surface area (TPSA) is 389 Å². The van der Waals surface area contributed by atoms with E-state index in [0.29, 0.717) is 11.6 Å². The van der Waals surface area contributed by atoms with Gasteiger partial charge in [0.25, 0.3) is 0 Å². The first kappa shape index (κ1) is 46.1. The molecule has 0 aromatic carbocycles. The maximum Gasteiger partial charge on any atom is 2.00 e. The van der Waals surface area contributed by atoms with Gasteiger partial charge in [-0.25, -0.2) is 0 Å². The van der Waals surface area contributed by atoms with Crippen LogP contribution in [0.4, 0.5) is 0 Å². The van der Waals surface area contributed by atoms with E-state index in [1.54, 1.807) is 24.8 Å². The summed E-state index contributed by atoms with van der Waals surface area (Å²) < 4.78 is 0. The molecule has 4 aromatic rings. The first-order valence-electron chi connectivity index (χ1n) is 6.12. The molecule has 4 rings (SSSR count). The summed E-state index contributed by atoms with van der Waals surface area (Å²) in [5, 5.41) is 28.1. The van der Waals surface area contributed by atoms with Gasteiger partial charge in [0, 0.05) is 47.6 Å². The molecule has 0 amide bonds. The van der Waals surface area contributed by atoms with Gasteiger partial charge in [-0.15, -0.1) is 0 Å². The van der Waals surface area contributed by atoms with E-state index < -0.39 is 0 Å². The third-order valence-electron chi connectivity index (χ3n) is 2.48. The smallest absolute Gasteiger partial charge is 0.457 e. The first-order valence-corrected chi connectivity index (χ1v) is 6.12. The molecule has 0 fully saturated rings. The Balaban J connectivity index is -0.0000000576. The van der Waals surface area contributed by atoms with Crippen LogP contribution in [0.25, 0.3) is 22.8 Å². The average molecular weight is 506 g/mol. The van der Waals surface area contributed by atoms with Crippen LogP contribution in [0.15, 0.2) is 49.1 Å². The van der Waals surface area contributed by atoms with Gasteiger partial charge < -0.3 is 54.0 Å². The number of pyridine rings is 2. The molecule has 0 bridgehead atoms. The van der Waals surface area contributed by atoms with E-state index in [2.05, 4.69) is 51.2 Å². The third-order valence-corrected chi connectivity index (χ3v) is 2.48. The van der Waals surface area contributed by atoms with E-state index in [9.17, 15) is 0 Å². The predicted molar refractivity (Wildman–Crippen MR) is 107 cm³/mol. The van der Waals surface area contributed by atoms with Crippen molar-refractivity contribution in [1.82, 2.24) is 51.2 Å². The molecule has 4 heterocycles. The van der Waals surface area contributed by atoms with Gasteiger partial charge in [0.1, 0.15) is 0 Å². The van der Waals surface area contributed by atoms with Crippen molar-refractivity contribution in [2.45, 2.75) is 0 Å². The summed E-state index contributed by atoms with van der Waals surface area (Å²) in [7, 11) is 0. The van der Waals surface area contributed by atoms with Crippen LogP contribution in [-0.2, 0) is 41.4 Å². The maximum absolute atomic E-state index is 3.91. The Bertz CT molecular complexity index is 729. The van der Waals surface area contributed by atoms with Crippen molar-refractivity contribution in [3.63, 3.8) is 0 Å². The molecule has 0 aliphatic heterocycles. The minimum atomic E-state index is 0. The van der Waals surface area contributed by atoms with Crippen molar-refractivity contribution in [2.75, 3.05) is 0 Å². The average Bonchev–Trinajstić information content (AvgIpc) is 3.31. The van der Waals surface area contributed by atoms with Crippen molar-refractivity contribution in [2.24, 2.45) is 0 Å². The van der Waals surface area contributed by atoms with Gasteiger partial charge in [-0.05, 0) is 12.1 Å². The number of hydrogen-bond donors (Lipinski definition) is 0. The Morgan fingerprint density at radius 3 is 1.16 bits per heavy atom. The standard InChI is InChI=1S/2C6H4N5.8H2O.Zn/c2*1-2-5(4-7-3-1)6-8-10-11-9-6;;;;;;;;;/h2*1-4H;8*1H2;/q2*-1;;;;;;;;;+2/p+4. The molecular weight excluding hydrogens is 478 g/mol. The van der Waals surface area contributed by atoms with Gasteiger partial charge >= 0.3 is 19.5 Å². The molecule has 4 aromatic heterocycles. The number of hydrogen-bond acceptors (Lipinski definition) is 8. The second-order valence-electron chi connectivity index (χ2n) is 3.89. The molecule has 0 saturated heterocycles. The van der Waals surface area contributed by atoms with E-state index in [1.807, 2.05) is 24.3 Å². The first-order chi connectivity index (χ1) is 10.9. The largest absolute Gasteiger partial charge is 2.00 e. The van der Waals surface area contributed by atoms with E-state index in [1.165, 1.54) is 0 Å². The van der Waals surface area contributed by atoms with Gasteiger partial charge in [0.15, 0.2) is 0 Å². The van der Waals surface area contributed by atoms with Crippen molar-refractivity contribution in [3.05, 3.63) is 49.1 Å². The summed E-state index contributed by atoms with van der Waals surface area (Å²) in [6, 6.07) is 7.33. The minimum Gasteiger partial charge on any atom is -0.457 e. The molecule has 0 spiro atoms. The Labute approximate surface area is 186 Å². The van der Waals surface area contributed by atoms with Crippen molar-refractivity contribution in [1.29, 1.82) is 0 Å². The zero-order valence-electron chi connectivity index (χ0n) is 16.1. The molecule has 0 saturated carbocycles. The van der Waals surface area contributed by atoms with Crippen molar-refractivity contribution >= 4 is 0 Å². The van der Waals surface area contributed by atoms with Crippen LogP contribution >= 0.6 is 0 Å². The molecule has 31 heavy (non-hydrogen) atoms. The summed E-state index contributed by atoms with van der Waals surface area (Å²) in [5.41, 5.74) is 1.66. The fourth-order valence-electron chi connectivity index (χ4n) is 1.51. The monoisotopic (exact) mass is 504 g/mol. The third kappa shape index (κ3) is 13.6. The Morgan fingerprint density at radius 1 is 0.581 bits per heavy atom. The maximum atomic E-state index is 3.91. The van der Waals surface area contributed by atoms with Gasteiger partial charge in [-0.2, -0.15) is 10.4 Å². The van der Waals surface area contributed by atoms with Crippen LogP contribution in [-0.4, -0.2) is 62.9 Å². The second kappa shape index (κ2) is 24.8. The molecule has 0 radical (unpaired) electrons. The Morgan fingerprint density at radius 2 is 0.935 bits per heavy atom. The molecule has 172 valence electrons. The van der Waals surface area contributed by atoms with Crippen LogP contribution < -0.4 is 10.2 Å². The van der Waals surface area contributed by atoms with Gasteiger partial charge in [-0.3, -0.25) is 30.6 Å². The van der Waals surface area contributed by atoms with Crippen molar-refractivity contribution < 1.29 is 63.3 Å². The molecule has 0 aliphatic rings. The van der Waals surface area contributed by atoms with Crippen LogP contribution in [0.2, 0.25) is 0 Å². The van der Waals surface area contributed by atoms with Gasteiger partial charge in [0.05, 0.1) is 0 Å². The zero-order chi connectivity index (χ0) is 15.0.